The number of allylic oxidation sites excluding steroid dienone is 14. The maximum absolute atomic E-state index is 12.9. The predicted molar refractivity (Wildman–Crippen MR) is 283 cm³/mol. The second-order valence-electron chi connectivity index (χ2n) is 18.6. The molecule has 6 atom stereocenters. The summed E-state index contributed by atoms with van der Waals surface area (Å²) in [5.41, 5.74) is 0. The highest BCUT2D eigenvalue weighted by atomic mass is 16.7. The van der Waals surface area contributed by atoms with E-state index < -0.39 is 43.4 Å². The fourth-order valence-electron chi connectivity index (χ4n) is 8.03. The van der Waals surface area contributed by atoms with Gasteiger partial charge in [0, 0.05) is 13.0 Å². The smallest absolute Gasteiger partial charge is 0.306 e. The molecule has 9 heteroatoms. The molecule has 1 aliphatic rings. The van der Waals surface area contributed by atoms with E-state index in [-0.39, 0.29) is 19.2 Å². The lowest BCUT2D eigenvalue weighted by Crippen LogP contribution is -2.59. The van der Waals surface area contributed by atoms with Crippen molar-refractivity contribution >= 4 is 5.97 Å². The molecule has 0 radical (unpaired) electrons. The maximum atomic E-state index is 12.9. The lowest BCUT2D eigenvalue weighted by atomic mass is 9.99. The number of carbonyl (C=O) groups is 1. The van der Waals surface area contributed by atoms with Crippen molar-refractivity contribution in [3.05, 3.63) is 85.1 Å². The molecule has 0 aliphatic carbocycles. The lowest BCUT2D eigenvalue weighted by molar-refractivity contribution is -0.305. The Kier molecular flexibility index (Phi) is 46.0. The summed E-state index contributed by atoms with van der Waals surface area (Å²) in [7, 11) is 0. The van der Waals surface area contributed by atoms with E-state index in [2.05, 4.69) is 98.9 Å². The first-order valence-corrected chi connectivity index (χ1v) is 27.7. The van der Waals surface area contributed by atoms with E-state index >= 15 is 0 Å². The third-order valence-electron chi connectivity index (χ3n) is 12.3. The normalized spacial score (nSPS) is 19.8. The first kappa shape index (κ1) is 63.4. The third-order valence-corrected chi connectivity index (χ3v) is 12.3. The van der Waals surface area contributed by atoms with Gasteiger partial charge < -0.3 is 39.4 Å². The van der Waals surface area contributed by atoms with Gasteiger partial charge in [-0.25, -0.2) is 0 Å². The molecular formula is C59H102O9. The van der Waals surface area contributed by atoms with Gasteiger partial charge >= 0.3 is 5.97 Å². The average molecular weight is 955 g/mol. The van der Waals surface area contributed by atoms with Crippen LogP contribution in [-0.4, -0.2) is 89.6 Å². The van der Waals surface area contributed by atoms with Gasteiger partial charge in [0.25, 0.3) is 0 Å². The molecule has 1 aliphatic heterocycles. The van der Waals surface area contributed by atoms with Crippen LogP contribution >= 0.6 is 0 Å². The van der Waals surface area contributed by atoms with Crippen molar-refractivity contribution in [1.82, 2.24) is 0 Å². The number of aliphatic hydroxyl groups is 4. The summed E-state index contributed by atoms with van der Waals surface area (Å²) in [5.74, 6) is -0.334. The number of hydrogen-bond acceptors (Lipinski definition) is 9. The summed E-state index contributed by atoms with van der Waals surface area (Å²) in [4.78, 5) is 12.9. The van der Waals surface area contributed by atoms with Gasteiger partial charge in [0.2, 0.25) is 0 Å². The Bertz CT molecular complexity index is 1320. The van der Waals surface area contributed by atoms with E-state index in [4.69, 9.17) is 18.9 Å². The summed E-state index contributed by atoms with van der Waals surface area (Å²) in [6.45, 7) is 4.31. The van der Waals surface area contributed by atoms with Crippen LogP contribution in [0.1, 0.15) is 219 Å². The summed E-state index contributed by atoms with van der Waals surface area (Å²) >= 11 is 0. The van der Waals surface area contributed by atoms with Crippen molar-refractivity contribution in [2.24, 2.45) is 0 Å². The molecule has 68 heavy (non-hydrogen) atoms. The van der Waals surface area contributed by atoms with Crippen molar-refractivity contribution in [1.29, 1.82) is 0 Å². The highest BCUT2D eigenvalue weighted by Gasteiger charge is 2.44. The summed E-state index contributed by atoms with van der Waals surface area (Å²) in [6, 6.07) is 0. The molecule has 1 rings (SSSR count). The molecule has 0 aromatic carbocycles. The van der Waals surface area contributed by atoms with Crippen LogP contribution in [0.15, 0.2) is 85.1 Å². The van der Waals surface area contributed by atoms with Crippen LogP contribution in [0.4, 0.5) is 0 Å². The first-order valence-electron chi connectivity index (χ1n) is 27.7. The van der Waals surface area contributed by atoms with E-state index in [0.29, 0.717) is 13.0 Å². The zero-order valence-corrected chi connectivity index (χ0v) is 43.3. The predicted octanol–water partition coefficient (Wildman–Crippen LogP) is 14.1. The van der Waals surface area contributed by atoms with Gasteiger partial charge in [-0.2, -0.15) is 0 Å². The van der Waals surface area contributed by atoms with Gasteiger partial charge in [0.15, 0.2) is 6.29 Å². The van der Waals surface area contributed by atoms with E-state index in [1.807, 2.05) is 0 Å². The highest BCUT2D eigenvalue weighted by Crippen LogP contribution is 2.23. The second-order valence-corrected chi connectivity index (χ2v) is 18.6. The average Bonchev–Trinajstić information content (AvgIpc) is 3.34. The van der Waals surface area contributed by atoms with E-state index in [0.717, 1.165) is 70.6 Å². The molecule has 1 heterocycles. The molecule has 0 spiro atoms. The monoisotopic (exact) mass is 955 g/mol. The van der Waals surface area contributed by atoms with Gasteiger partial charge in [-0.1, -0.05) is 214 Å². The van der Waals surface area contributed by atoms with Crippen LogP contribution in [0.2, 0.25) is 0 Å². The van der Waals surface area contributed by atoms with Crippen molar-refractivity contribution in [3.63, 3.8) is 0 Å². The Balaban J connectivity index is 2.21. The molecule has 0 amide bonds. The molecule has 0 aromatic rings. The Morgan fingerprint density at radius 3 is 1.37 bits per heavy atom. The van der Waals surface area contributed by atoms with E-state index in [9.17, 15) is 25.2 Å². The van der Waals surface area contributed by atoms with Crippen molar-refractivity contribution in [3.8, 4) is 0 Å². The van der Waals surface area contributed by atoms with Gasteiger partial charge in [0.1, 0.15) is 30.5 Å². The molecule has 1 saturated heterocycles. The number of ether oxygens (including phenoxy) is 4. The number of carbonyl (C=O) groups excluding carboxylic acids is 1. The number of hydrogen-bond donors (Lipinski definition) is 4. The quantitative estimate of drug-likeness (QED) is 0.0267. The van der Waals surface area contributed by atoms with E-state index in [1.165, 1.54) is 128 Å². The summed E-state index contributed by atoms with van der Waals surface area (Å²) in [6.07, 6.45) is 60.7. The summed E-state index contributed by atoms with van der Waals surface area (Å²) < 4.78 is 22.8. The molecule has 1 fully saturated rings. The van der Waals surface area contributed by atoms with Gasteiger partial charge in [-0.05, 0) is 83.5 Å². The zero-order valence-electron chi connectivity index (χ0n) is 43.3. The van der Waals surface area contributed by atoms with Gasteiger partial charge in [-0.3, -0.25) is 4.79 Å². The molecule has 9 nitrogen and oxygen atoms in total. The van der Waals surface area contributed by atoms with Crippen LogP contribution in [0.25, 0.3) is 0 Å². The molecule has 0 aromatic heterocycles. The molecule has 6 unspecified atom stereocenters. The molecule has 4 N–H and O–H groups in total. The summed E-state index contributed by atoms with van der Waals surface area (Å²) in [5, 5.41) is 40.3. The van der Waals surface area contributed by atoms with Gasteiger partial charge in [-0.15, -0.1) is 0 Å². The third kappa shape index (κ3) is 39.1. The van der Waals surface area contributed by atoms with Crippen molar-refractivity contribution in [2.75, 3.05) is 26.4 Å². The largest absolute Gasteiger partial charge is 0.457 e. The fourth-order valence-corrected chi connectivity index (χ4v) is 8.03. The molecule has 392 valence electrons. The number of unbranched alkanes of at least 4 members (excludes halogenated alkanes) is 22. The molecular weight excluding hydrogens is 853 g/mol. The Morgan fingerprint density at radius 2 is 0.897 bits per heavy atom. The Morgan fingerprint density at radius 1 is 0.485 bits per heavy atom. The minimum Gasteiger partial charge on any atom is -0.457 e. The topological polar surface area (TPSA) is 135 Å². The van der Waals surface area contributed by atoms with Crippen LogP contribution in [0.3, 0.4) is 0 Å². The van der Waals surface area contributed by atoms with E-state index in [1.54, 1.807) is 0 Å². The maximum Gasteiger partial charge on any atom is 0.306 e. The lowest BCUT2D eigenvalue weighted by Gasteiger charge is -2.39. The van der Waals surface area contributed by atoms with Crippen LogP contribution in [0.5, 0.6) is 0 Å². The van der Waals surface area contributed by atoms with Crippen LogP contribution in [-0.2, 0) is 23.7 Å². The highest BCUT2D eigenvalue weighted by molar-refractivity contribution is 5.69. The second kappa shape index (κ2) is 49.4. The zero-order chi connectivity index (χ0) is 49.2. The minimum absolute atomic E-state index is 0.101. The fraction of sp³-hybridized carbons (Fsp3) is 0.746. The Labute approximate surface area is 416 Å². The van der Waals surface area contributed by atoms with Crippen LogP contribution in [0, 0.1) is 0 Å². The standard InChI is InChI=1S/C59H102O9/c1-3-5-7-9-11-13-15-17-19-21-23-25-26-27-28-29-30-32-34-36-38-40-42-44-46-48-55(61)67-53(52-66-59-58(64)57(63)56(62)54(50-60)68-59)51-65-49-47-45-43-41-39-37-35-33-31-24-22-20-18-16-14-12-10-8-6-4-2/h6,8,12,14,18,20-21,23-24,31,35,37,41,43,53-54,56-60,62-64H,3-5,7,9-11,13,15-17,19,22,25-30,32-34,36,38-40,42,44-52H2,1-2H3/b8-6-,14-12-,20-18-,23-21-,31-24-,37-35-,43-41-. The molecule has 0 bridgehead atoms. The number of aliphatic hydroxyl groups excluding tert-OH is 4. The van der Waals surface area contributed by atoms with Gasteiger partial charge in [0.05, 0.1) is 19.8 Å². The molecule has 0 saturated carbocycles. The van der Waals surface area contributed by atoms with Crippen molar-refractivity contribution in [2.45, 2.75) is 256 Å². The number of esters is 1. The SMILES string of the molecule is CC/C=C\C/C=C\C/C=C\C/C=C\C/C=C\C/C=C\CCCOCC(COC1OC(CO)C(O)C(O)C1O)OC(=O)CCCCCCCCCCCCCCC/C=C\CCCCCCCCCC. The Hall–Kier alpha value is -2.63. The number of rotatable bonds is 47. The minimum atomic E-state index is -1.55. The van der Waals surface area contributed by atoms with Crippen LogP contribution < -0.4 is 0 Å². The first-order chi connectivity index (χ1) is 33.4. The van der Waals surface area contributed by atoms with Crippen molar-refractivity contribution < 1.29 is 44.2 Å².